The van der Waals surface area contributed by atoms with Crippen molar-refractivity contribution in [3.05, 3.63) is 95.6 Å². The molecule has 0 saturated heterocycles. The first kappa shape index (κ1) is 25.1. The first-order valence-corrected chi connectivity index (χ1v) is 11.7. The van der Waals surface area contributed by atoms with Gasteiger partial charge < -0.3 is 0 Å². The van der Waals surface area contributed by atoms with E-state index in [1.807, 2.05) is 32.9 Å². The van der Waals surface area contributed by atoms with E-state index in [0.717, 1.165) is 45.4 Å². The van der Waals surface area contributed by atoms with Crippen LogP contribution in [-0.2, 0) is 0 Å². The number of hydrogen-bond donors (Lipinski definition) is 0. The van der Waals surface area contributed by atoms with Gasteiger partial charge in [-0.25, -0.2) is 13.8 Å². The molecule has 2 atom stereocenters. The quantitative estimate of drug-likeness (QED) is 0.242. The lowest BCUT2D eigenvalue weighted by Crippen LogP contribution is -2.02. The lowest BCUT2D eigenvalue weighted by atomic mass is 10.0. The summed E-state index contributed by atoms with van der Waals surface area (Å²) >= 11 is 0. The van der Waals surface area contributed by atoms with Crippen molar-refractivity contribution in [2.75, 3.05) is 6.54 Å². The maximum Gasteiger partial charge on any atom is 0.182 e. The second kappa shape index (κ2) is 10.7. The number of fused-ring (bicyclic) bond motifs is 1. The topological polar surface area (TPSA) is 54.9 Å². The Hall–Kier alpha value is -4.00. The number of benzene rings is 2. The van der Waals surface area contributed by atoms with Crippen LogP contribution in [0, 0.1) is 31.4 Å². The van der Waals surface area contributed by atoms with E-state index in [0.29, 0.717) is 6.54 Å². The molecule has 1 heterocycles. The Morgan fingerprint density at radius 2 is 1.97 bits per heavy atom. The lowest BCUT2D eigenvalue weighted by Gasteiger charge is -2.11. The third-order valence-electron chi connectivity index (χ3n) is 6.42. The molecule has 2 aromatic carbocycles. The summed E-state index contributed by atoms with van der Waals surface area (Å²) in [7, 11) is 0. The Balaban J connectivity index is 1.60. The van der Waals surface area contributed by atoms with E-state index in [-0.39, 0.29) is 17.5 Å². The Morgan fingerprint density at radius 3 is 2.72 bits per heavy atom. The fraction of sp³-hybridized carbons (Fsp3) is 0.241. The molecule has 0 spiro atoms. The minimum absolute atomic E-state index is 0.0300. The van der Waals surface area contributed by atoms with Crippen molar-refractivity contribution in [3.63, 3.8) is 0 Å². The van der Waals surface area contributed by atoms with E-state index in [2.05, 4.69) is 33.3 Å². The summed E-state index contributed by atoms with van der Waals surface area (Å²) in [6.45, 7) is 13.5. The molecule has 1 saturated carbocycles. The van der Waals surface area contributed by atoms with E-state index >= 15 is 0 Å². The molecule has 184 valence electrons. The molecule has 2 unspecified atom stereocenters. The molecule has 36 heavy (non-hydrogen) atoms. The van der Waals surface area contributed by atoms with Gasteiger partial charge in [0.15, 0.2) is 11.6 Å². The van der Waals surface area contributed by atoms with Crippen molar-refractivity contribution >= 4 is 29.7 Å². The molecule has 7 heteroatoms. The Morgan fingerprint density at radius 1 is 1.19 bits per heavy atom. The van der Waals surface area contributed by atoms with Crippen LogP contribution in [0.4, 0.5) is 8.78 Å². The van der Waals surface area contributed by atoms with Crippen LogP contribution in [0.2, 0.25) is 0 Å². The van der Waals surface area contributed by atoms with Gasteiger partial charge in [-0.15, -0.1) is 0 Å². The summed E-state index contributed by atoms with van der Waals surface area (Å²) in [4.78, 5) is 17.1. The van der Waals surface area contributed by atoms with Crippen molar-refractivity contribution < 1.29 is 8.78 Å². The third kappa shape index (κ3) is 5.30. The average Bonchev–Trinajstić information content (AvgIpc) is 3.55. The van der Waals surface area contributed by atoms with Crippen LogP contribution in [0.5, 0.6) is 0 Å². The Kier molecular flexibility index (Phi) is 7.48. The van der Waals surface area contributed by atoms with Gasteiger partial charge in [0.2, 0.25) is 0 Å². The van der Waals surface area contributed by atoms with Crippen molar-refractivity contribution in [2.24, 2.45) is 20.9 Å². The van der Waals surface area contributed by atoms with Gasteiger partial charge in [0.1, 0.15) is 6.33 Å². The van der Waals surface area contributed by atoms with Crippen molar-refractivity contribution in [2.45, 2.75) is 33.1 Å². The zero-order valence-electron chi connectivity index (χ0n) is 20.7. The number of aliphatic imine (C=N–C) groups is 3. The summed E-state index contributed by atoms with van der Waals surface area (Å²) in [5.74, 6) is -1.64. The van der Waals surface area contributed by atoms with Crippen LogP contribution in [0.1, 0.15) is 36.0 Å². The number of nitrogens with zero attached hydrogens (tertiary/aromatic N) is 5. The fourth-order valence-electron chi connectivity index (χ4n) is 4.26. The number of halogens is 2. The highest BCUT2D eigenvalue weighted by molar-refractivity contribution is 5.88. The smallest absolute Gasteiger partial charge is 0.182 e. The molecule has 4 rings (SSSR count). The average molecular weight is 486 g/mol. The molecule has 1 aliphatic rings. The Bertz CT molecular complexity index is 1440. The fourth-order valence-corrected chi connectivity index (χ4v) is 4.26. The van der Waals surface area contributed by atoms with Crippen LogP contribution in [0.3, 0.4) is 0 Å². The Labute approximate surface area is 210 Å². The number of hydrogen-bond acceptors (Lipinski definition) is 4. The molecular weight excluding hydrogens is 456 g/mol. The summed E-state index contributed by atoms with van der Waals surface area (Å²) in [5, 5.41) is 0. The van der Waals surface area contributed by atoms with E-state index in [1.54, 1.807) is 47.7 Å². The van der Waals surface area contributed by atoms with Crippen molar-refractivity contribution in [3.8, 4) is 5.69 Å². The zero-order chi connectivity index (χ0) is 25.8. The minimum Gasteiger partial charge on any atom is -0.296 e. The second-order valence-electron chi connectivity index (χ2n) is 9.05. The summed E-state index contributed by atoms with van der Waals surface area (Å²) in [6.07, 6.45) is 10.9. The van der Waals surface area contributed by atoms with Crippen molar-refractivity contribution in [1.82, 2.24) is 9.55 Å². The van der Waals surface area contributed by atoms with E-state index in [4.69, 9.17) is 0 Å². The number of aryl methyl sites for hydroxylation is 2. The highest BCUT2D eigenvalue weighted by atomic mass is 19.2. The molecule has 0 bridgehead atoms. The van der Waals surface area contributed by atoms with Gasteiger partial charge in [-0.3, -0.25) is 19.5 Å². The largest absolute Gasteiger partial charge is 0.296 e. The van der Waals surface area contributed by atoms with Gasteiger partial charge in [0.25, 0.3) is 0 Å². The molecule has 1 aromatic heterocycles. The van der Waals surface area contributed by atoms with Gasteiger partial charge in [0, 0.05) is 24.3 Å². The summed E-state index contributed by atoms with van der Waals surface area (Å²) in [5.41, 5.74) is 6.28. The zero-order valence-corrected chi connectivity index (χ0v) is 20.7. The monoisotopic (exact) mass is 485 g/mol. The first-order chi connectivity index (χ1) is 17.3. The summed E-state index contributed by atoms with van der Waals surface area (Å²) in [6, 6.07) is 6.92. The lowest BCUT2D eigenvalue weighted by molar-refractivity contribution is 0.503. The van der Waals surface area contributed by atoms with Gasteiger partial charge in [-0.05, 0) is 98.4 Å². The number of imidazole rings is 1. The predicted molar refractivity (Wildman–Crippen MR) is 145 cm³/mol. The van der Waals surface area contributed by atoms with Gasteiger partial charge in [0.05, 0.1) is 23.3 Å². The number of aromatic nitrogens is 2. The van der Waals surface area contributed by atoms with Gasteiger partial charge in [-0.1, -0.05) is 12.7 Å². The third-order valence-corrected chi connectivity index (χ3v) is 6.42. The summed E-state index contributed by atoms with van der Waals surface area (Å²) < 4.78 is 31.3. The van der Waals surface area contributed by atoms with Crippen LogP contribution in [-0.4, -0.2) is 34.7 Å². The molecule has 0 N–H and O–H groups in total. The maximum atomic E-state index is 15.0. The number of allylic oxidation sites excluding steroid dienone is 3. The van der Waals surface area contributed by atoms with Gasteiger partial charge in [-0.2, -0.15) is 0 Å². The van der Waals surface area contributed by atoms with Crippen LogP contribution < -0.4 is 0 Å². The first-order valence-electron chi connectivity index (χ1n) is 11.7. The predicted octanol–water partition coefficient (Wildman–Crippen LogP) is 6.84. The van der Waals surface area contributed by atoms with Crippen LogP contribution in [0.15, 0.2) is 82.3 Å². The molecule has 0 aliphatic heterocycles. The standard InChI is InChI=1S/C29H29F2N5/c1-6-7-8-34-20(4)14-33-16-22(15-32-5)24-13-23(24)21-11-25(30)29(31)28(12-21)36-17-35-26-9-18(2)19(3)10-27(26)36/h6-12,15-17,23-24H,1,5,13-14H2,2-4H3/b8-7-,22-15+,33-16-,34-20+. The van der Waals surface area contributed by atoms with Crippen LogP contribution >= 0.6 is 0 Å². The highest BCUT2D eigenvalue weighted by Crippen LogP contribution is 2.52. The van der Waals surface area contributed by atoms with Gasteiger partial charge >= 0.3 is 0 Å². The molecule has 1 fully saturated rings. The molecule has 0 amide bonds. The maximum absolute atomic E-state index is 15.0. The molecule has 3 aromatic rings. The highest BCUT2D eigenvalue weighted by Gasteiger charge is 2.41. The van der Waals surface area contributed by atoms with E-state index in [1.165, 1.54) is 6.07 Å². The molecule has 5 nitrogen and oxygen atoms in total. The normalized spacial score (nSPS) is 18.5. The molecule has 1 aliphatic carbocycles. The molecular formula is C29H29F2N5. The van der Waals surface area contributed by atoms with Crippen molar-refractivity contribution in [1.29, 1.82) is 0 Å². The SMILES string of the molecule is C=C/C=C\N=C(/C)C/N=C\C(=C/N=C)C1CC1c1cc(F)c(F)c(-n2cnc3cc(C)c(C)cc32)c1. The van der Waals surface area contributed by atoms with Crippen LogP contribution in [0.25, 0.3) is 16.7 Å². The molecule has 0 radical (unpaired) electrons. The second-order valence-corrected chi connectivity index (χ2v) is 9.05. The van der Waals surface area contributed by atoms with E-state index in [9.17, 15) is 8.78 Å². The van der Waals surface area contributed by atoms with E-state index < -0.39 is 11.6 Å². The number of rotatable bonds is 9. The minimum atomic E-state index is -0.890.